The molecule has 0 aliphatic rings. The molecule has 0 saturated carbocycles. The summed E-state index contributed by atoms with van der Waals surface area (Å²) < 4.78 is 34.0. The van der Waals surface area contributed by atoms with E-state index < -0.39 is 22.5 Å². The lowest BCUT2D eigenvalue weighted by Crippen LogP contribution is -2.40. The molecule has 0 saturated heterocycles. The van der Waals surface area contributed by atoms with Gasteiger partial charge in [-0.05, 0) is 92.4 Å². The summed E-state index contributed by atoms with van der Waals surface area (Å²) in [6.07, 6.45) is 1.44. The van der Waals surface area contributed by atoms with E-state index in [0.717, 1.165) is 26.6 Å². The molecule has 0 unspecified atom stereocenters. The van der Waals surface area contributed by atoms with Crippen molar-refractivity contribution >= 4 is 33.7 Å². The second-order valence-corrected chi connectivity index (χ2v) is 12.3. The molecule has 9 nitrogen and oxygen atoms in total. The molecular weight excluding hydrogens is 576 g/mol. The molecule has 0 aliphatic heterocycles. The Kier molecular flexibility index (Phi) is 10.5. The van der Waals surface area contributed by atoms with Gasteiger partial charge < -0.3 is 10.1 Å². The fourth-order valence-electron chi connectivity index (χ4n) is 4.39. The lowest BCUT2D eigenvalue weighted by molar-refractivity contribution is -0.123. The SMILES string of the molecule is Cc1ccc(S(=O)(=O)N(CC(=O)N/N=C\c2ccc(OCC(=O)N[C@@H](C)c3ccccc3)cc2)c2cccc(C)c2C)cc1. The summed E-state index contributed by atoms with van der Waals surface area (Å²) in [4.78, 5) is 25.3. The van der Waals surface area contributed by atoms with Gasteiger partial charge in [0.15, 0.2) is 6.61 Å². The number of anilines is 1. The van der Waals surface area contributed by atoms with Crippen LogP contribution in [0.3, 0.4) is 0 Å². The van der Waals surface area contributed by atoms with E-state index in [0.29, 0.717) is 17.0 Å². The van der Waals surface area contributed by atoms with E-state index in [9.17, 15) is 18.0 Å². The Labute approximate surface area is 258 Å². The number of hydrazone groups is 1. The largest absolute Gasteiger partial charge is 0.484 e. The van der Waals surface area contributed by atoms with Crippen LogP contribution in [0.1, 0.15) is 40.8 Å². The standard InChI is InChI=1S/C34H36N4O5S/c1-24-13-19-31(20-14-24)44(41,42)38(32-12-8-9-25(2)26(32)3)22-33(39)37-35-21-28-15-17-30(18-16-28)43-23-34(40)36-27(4)29-10-6-5-7-11-29/h5-21,27H,22-23H2,1-4H3,(H,36,40)(H,37,39)/b35-21-/t27-/m0/s1. The first kappa shape index (κ1) is 32.0. The zero-order chi connectivity index (χ0) is 31.7. The summed E-state index contributed by atoms with van der Waals surface area (Å²) in [7, 11) is -4.04. The zero-order valence-corrected chi connectivity index (χ0v) is 26.0. The predicted molar refractivity (Wildman–Crippen MR) is 172 cm³/mol. The number of nitrogens with one attached hydrogen (secondary N) is 2. The average molecular weight is 613 g/mol. The number of amides is 2. The summed E-state index contributed by atoms with van der Waals surface area (Å²) in [6, 6.07) is 28.2. The van der Waals surface area contributed by atoms with Gasteiger partial charge >= 0.3 is 0 Å². The molecule has 44 heavy (non-hydrogen) atoms. The van der Waals surface area contributed by atoms with E-state index in [1.54, 1.807) is 48.5 Å². The summed E-state index contributed by atoms with van der Waals surface area (Å²) in [5, 5.41) is 6.91. The van der Waals surface area contributed by atoms with Gasteiger partial charge in [-0.2, -0.15) is 5.10 Å². The van der Waals surface area contributed by atoms with Gasteiger partial charge in [0, 0.05) is 0 Å². The van der Waals surface area contributed by atoms with Gasteiger partial charge in [0.2, 0.25) is 0 Å². The number of hydrogen-bond donors (Lipinski definition) is 2. The zero-order valence-electron chi connectivity index (χ0n) is 25.2. The van der Waals surface area contributed by atoms with Crippen LogP contribution in [-0.4, -0.2) is 39.6 Å². The van der Waals surface area contributed by atoms with Gasteiger partial charge in [0.1, 0.15) is 12.3 Å². The number of nitrogens with zero attached hydrogens (tertiary/aromatic N) is 2. The first-order chi connectivity index (χ1) is 21.0. The van der Waals surface area contributed by atoms with Crippen LogP contribution in [-0.2, 0) is 19.6 Å². The minimum Gasteiger partial charge on any atom is -0.484 e. The fourth-order valence-corrected chi connectivity index (χ4v) is 5.87. The summed E-state index contributed by atoms with van der Waals surface area (Å²) >= 11 is 0. The van der Waals surface area contributed by atoms with Crippen molar-refractivity contribution in [1.29, 1.82) is 0 Å². The lowest BCUT2D eigenvalue weighted by atomic mass is 10.1. The van der Waals surface area contributed by atoms with Crippen LogP contribution in [0.15, 0.2) is 107 Å². The molecule has 4 rings (SSSR count). The van der Waals surface area contributed by atoms with E-state index in [4.69, 9.17) is 4.74 Å². The molecule has 0 bridgehead atoms. The van der Waals surface area contributed by atoms with Crippen LogP contribution in [0.25, 0.3) is 0 Å². The Morgan fingerprint density at radius 2 is 1.55 bits per heavy atom. The summed E-state index contributed by atoms with van der Waals surface area (Å²) in [5.74, 6) is -0.346. The van der Waals surface area contributed by atoms with Crippen LogP contribution in [0, 0.1) is 20.8 Å². The third-order valence-electron chi connectivity index (χ3n) is 7.07. The highest BCUT2D eigenvalue weighted by molar-refractivity contribution is 7.92. The van der Waals surface area contributed by atoms with E-state index >= 15 is 0 Å². The number of aryl methyl sites for hydroxylation is 2. The molecule has 0 spiro atoms. The highest BCUT2D eigenvalue weighted by atomic mass is 32.2. The Hall–Kier alpha value is -4.96. The first-order valence-electron chi connectivity index (χ1n) is 14.1. The smallest absolute Gasteiger partial charge is 0.264 e. The quantitative estimate of drug-likeness (QED) is 0.168. The van der Waals surface area contributed by atoms with Crippen molar-refractivity contribution in [2.45, 2.75) is 38.6 Å². The third kappa shape index (κ3) is 8.32. The van der Waals surface area contributed by atoms with Gasteiger partial charge in [0.05, 0.1) is 22.8 Å². The molecule has 2 N–H and O–H groups in total. The van der Waals surface area contributed by atoms with Crippen LogP contribution in [0.4, 0.5) is 5.69 Å². The van der Waals surface area contributed by atoms with Gasteiger partial charge in [-0.3, -0.25) is 13.9 Å². The van der Waals surface area contributed by atoms with E-state index in [1.807, 2.05) is 64.1 Å². The maximum Gasteiger partial charge on any atom is 0.264 e. The van der Waals surface area contributed by atoms with Crippen molar-refractivity contribution in [3.8, 4) is 5.75 Å². The number of carbonyl (C=O) groups excluding carboxylic acids is 2. The molecule has 0 aliphatic carbocycles. The average Bonchev–Trinajstić information content (AvgIpc) is 3.01. The van der Waals surface area contributed by atoms with E-state index in [1.165, 1.54) is 18.3 Å². The second kappa shape index (κ2) is 14.5. The van der Waals surface area contributed by atoms with Gasteiger partial charge in [-0.1, -0.05) is 60.2 Å². The number of hydrogen-bond acceptors (Lipinski definition) is 6. The van der Waals surface area contributed by atoms with Gasteiger partial charge in [0.25, 0.3) is 21.8 Å². The Balaban J connectivity index is 1.36. The van der Waals surface area contributed by atoms with Crippen LogP contribution >= 0.6 is 0 Å². The molecule has 10 heteroatoms. The van der Waals surface area contributed by atoms with Crippen molar-refractivity contribution in [2.75, 3.05) is 17.5 Å². The number of rotatable bonds is 12. The second-order valence-electron chi connectivity index (χ2n) is 10.4. The topological polar surface area (TPSA) is 117 Å². The van der Waals surface area contributed by atoms with Crippen LogP contribution in [0.2, 0.25) is 0 Å². The monoisotopic (exact) mass is 612 g/mol. The van der Waals surface area contributed by atoms with Gasteiger partial charge in [-0.25, -0.2) is 13.8 Å². The summed E-state index contributed by atoms with van der Waals surface area (Å²) in [5.41, 5.74) is 7.09. The molecule has 0 fully saturated rings. The highest BCUT2D eigenvalue weighted by Gasteiger charge is 2.28. The van der Waals surface area contributed by atoms with Crippen molar-refractivity contribution in [3.63, 3.8) is 0 Å². The van der Waals surface area contributed by atoms with Crippen LogP contribution < -0.4 is 19.8 Å². The summed E-state index contributed by atoms with van der Waals surface area (Å²) in [6.45, 7) is 6.89. The maximum atomic E-state index is 13.7. The minimum absolute atomic E-state index is 0.0887. The molecule has 0 aromatic heterocycles. The molecule has 1 atom stereocenters. The fraction of sp³-hybridized carbons (Fsp3) is 0.206. The Morgan fingerprint density at radius 3 is 2.23 bits per heavy atom. The minimum atomic E-state index is -4.04. The third-order valence-corrected chi connectivity index (χ3v) is 8.84. The molecule has 4 aromatic rings. The number of sulfonamides is 1. The molecule has 2 amide bonds. The predicted octanol–water partition coefficient (Wildman–Crippen LogP) is 5.21. The molecule has 0 radical (unpaired) electrons. The van der Waals surface area contributed by atoms with E-state index in [2.05, 4.69) is 15.8 Å². The number of carbonyl (C=O) groups is 2. The normalized spacial score (nSPS) is 12.0. The van der Waals surface area contributed by atoms with Crippen molar-refractivity contribution in [2.24, 2.45) is 5.10 Å². The first-order valence-corrected chi connectivity index (χ1v) is 15.5. The van der Waals surface area contributed by atoms with Crippen molar-refractivity contribution in [3.05, 3.63) is 125 Å². The number of benzene rings is 4. The van der Waals surface area contributed by atoms with Crippen LogP contribution in [0.5, 0.6) is 5.75 Å². The molecular formula is C34H36N4O5S. The molecule has 228 valence electrons. The Bertz CT molecular complexity index is 1720. The molecule has 4 aromatic carbocycles. The van der Waals surface area contributed by atoms with Crippen molar-refractivity contribution in [1.82, 2.24) is 10.7 Å². The van der Waals surface area contributed by atoms with E-state index in [-0.39, 0.29) is 23.5 Å². The number of ether oxygens (including phenoxy) is 1. The van der Waals surface area contributed by atoms with Gasteiger partial charge in [-0.15, -0.1) is 0 Å². The van der Waals surface area contributed by atoms with Crippen molar-refractivity contribution < 1.29 is 22.7 Å². The lowest BCUT2D eigenvalue weighted by Gasteiger charge is -2.26. The molecule has 0 heterocycles. The maximum absolute atomic E-state index is 13.7. The Morgan fingerprint density at radius 1 is 0.864 bits per heavy atom. The highest BCUT2D eigenvalue weighted by Crippen LogP contribution is 2.28.